The minimum Gasteiger partial charge on any atom is -0.491 e. The van der Waals surface area contributed by atoms with Crippen LogP contribution < -0.4 is 10.1 Å². The Bertz CT molecular complexity index is 455. The number of hydrogen-bond acceptors (Lipinski definition) is 4. The van der Waals surface area contributed by atoms with E-state index in [9.17, 15) is 0 Å². The van der Waals surface area contributed by atoms with Gasteiger partial charge in [-0.2, -0.15) is 0 Å². The molecule has 2 fully saturated rings. The molecule has 24 heavy (non-hydrogen) atoms. The first-order chi connectivity index (χ1) is 11.3. The normalized spacial score (nSPS) is 22.3. The molecular weight excluding hydrogens is 324 g/mol. The molecule has 2 heterocycles. The molecule has 0 aromatic heterocycles. The number of likely N-dealkylation sites (tertiary alicyclic amines) is 1. The Morgan fingerprint density at radius 3 is 2.54 bits per heavy atom. The van der Waals surface area contributed by atoms with E-state index in [0.717, 1.165) is 44.2 Å². The van der Waals surface area contributed by atoms with E-state index in [1.807, 2.05) is 0 Å². The van der Waals surface area contributed by atoms with Crippen LogP contribution in [0.3, 0.4) is 0 Å². The van der Waals surface area contributed by atoms with E-state index in [1.165, 1.54) is 31.5 Å². The second kappa shape index (κ2) is 10.2. The number of piperidine rings is 1. The van der Waals surface area contributed by atoms with E-state index < -0.39 is 0 Å². The molecule has 1 aromatic rings. The van der Waals surface area contributed by atoms with Crippen molar-refractivity contribution in [2.45, 2.75) is 38.3 Å². The molecule has 3 rings (SSSR count). The molecule has 0 aliphatic carbocycles. The summed E-state index contributed by atoms with van der Waals surface area (Å²) < 4.78 is 11.4. The van der Waals surface area contributed by atoms with Gasteiger partial charge < -0.3 is 14.8 Å². The van der Waals surface area contributed by atoms with Gasteiger partial charge in [0.2, 0.25) is 0 Å². The predicted molar refractivity (Wildman–Crippen MR) is 100 cm³/mol. The molecular formula is C19H31ClN2O2. The summed E-state index contributed by atoms with van der Waals surface area (Å²) in [5, 5.41) is 3.30. The minimum atomic E-state index is 0. The Morgan fingerprint density at radius 2 is 1.92 bits per heavy atom. The third kappa shape index (κ3) is 5.92. The van der Waals surface area contributed by atoms with Crippen LogP contribution in [0.25, 0.3) is 0 Å². The van der Waals surface area contributed by atoms with Crippen molar-refractivity contribution in [1.29, 1.82) is 0 Å². The zero-order valence-electron chi connectivity index (χ0n) is 14.7. The molecule has 0 radical (unpaired) electrons. The Labute approximate surface area is 152 Å². The van der Waals surface area contributed by atoms with E-state index in [0.29, 0.717) is 6.61 Å². The Morgan fingerprint density at radius 1 is 1.17 bits per heavy atom. The van der Waals surface area contributed by atoms with Gasteiger partial charge in [-0.15, -0.1) is 12.4 Å². The van der Waals surface area contributed by atoms with Crippen LogP contribution in [-0.2, 0) is 11.3 Å². The number of rotatable bonds is 7. The van der Waals surface area contributed by atoms with Crippen LogP contribution in [0, 0.1) is 5.92 Å². The monoisotopic (exact) mass is 354 g/mol. The smallest absolute Gasteiger partial charge is 0.119 e. The van der Waals surface area contributed by atoms with E-state index in [4.69, 9.17) is 9.47 Å². The fourth-order valence-corrected chi connectivity index (χ4v) is 3.55. The van der Waals surface area contributed by atoms with Crippen LogP contribution in [0.4, 0.5) is 0 Å². The molecule has 136 valence electrons. The number of nitrogens with one attached hydrogen (secondary N) is 1. The van der Waals surface area contributed by atoms with Crippen LogP contribution in [-0.4, -0.2) is 50.9 Å². The molecule has 1 N–H and O–H groups in total. The summed E-state index contributed by atoms with van der Waals surface area (Å²) >= 11 is 0. The highest BCUT2D eigenvalue weighted by atomic mass is 35.5. The van der Waals surface area contributed by atoms with Crippen molar-refractivity contribution in [3.05, 3.63) is 29.8 Å². The molecule has 1 unspecified atom stereocenters. The lowest BCUT2D eigenvalue weighted by Gasteiger charge is -2.31. The Balaban J connectivity index is 0.00000208. The number of benzene rings is 1. The van der Waals surface area contributed by atoms with Crippen molar-refractivity contribution < 1.29 is 9.47 Å². The maximum atomic E-state index is 5.83. The fourth-order valence-electron chi connectivity index (χ4n) is 3.55. The lowest BCUT2D eigenvalue weighted by Crippen LogP contribution is -2.36. The van der Waals surface area contributed by atoms with Crippen molar-refractivity contribution in [3.63, 3.8) is 0 Å². The lowest BCUT2D eigenvalue weighted by atomic mass is 9.96. The highest BCUT2D eigenvalue weighted by molar-refractivity contribution is 5.85. The zero-order valence-corrected chi connectivity index (χ0v) is 15.5. The van der Waals surface area contributed by atoms with Gasteiger partial charge >= 0.3 is 0 Å². The molecule has 1 atom stereocenters. The van der Waals surface area contributed by atoms with Gasteiger partial charge in [-0.1, -0.05) is 12.1 Å². The number of nitrogens with zero attached hydrogens (tertiary/aromatic N) is 1. The van der Waals surface area contributed by atoms with Gasteiger partial charge in [0.05, 0.1) is 6.10 Å². The molecule has 0 bridgehead atoms. The standard InChI is InChI=1S/C19H30N2O2.ClH/c1-20-13-16-8-10-21(11-9-16)14-17-4-6-18(7-5-17)23-15-19-3-2-12-22-19;/h4-7,16,19-20H,2-3,8-15H2,1H3;1H. The van der Waals surface area contributed by atoms with Crippen LogP contribution in [0.15, 0.2) is 24.3 Å². The molecule has 0 amide bonds. The summed E-state index contributed by atoms with van der Waals surface area (Å²) in [6.07, 6.45) is 5.19. The van der Waals surface area contributed by atoms with E-state index in [-0.39, 0.29) is 18.5 Å². The van der Waals surface area contributed by atoms with E-state index in [2.05, 4.69) is 41.5 Å². The maximum Gasteiger partial charge on any atom is 0.119 e. The fraction of sp³-hybridized carbons (Fsp3) is 0.684. The highest BCUT2D eigenvalue weighted by Crippen LogP contribution is 2.20. The van der Waals surface area contributed by atoms with Gasteiger partial charge in [0, 0.05) is 13.2 Å². The number of ether oxygens (including phenoxy) is 2. The summed E-state index contributed by atoms with van der Waals surface area (Å²) in [5.41, 5.74) is 1.38. The molecule has 2 saturated heterocycles. The SMILES string of the molecule is CNCC1CCN(Cc2ccc(OCC3CCCO3)cc2)CC1.Cl. The molecule has 2 aliphatic heterocycles. The number of halogens is 1. The van der Waals surface area contributed by atoms with Gasteiger partial charge in [0.25, 0.3) is 0 Å². The highest BCUT2D eigenvalue weighted by Gasteiger charge is 2.19. The minimum absolute atomic E-state index is 0. The Kier molecular flexibility index (Phi) is 8.33. The summed E-state index contributed by atoms with van der Waals surface area (Å²) in [6.45, 7) is 6.20. The van der Waals surface area contributed by atoms with Gasteiger partial charge in [-0.3, -0.25) is 4.90 Å². The van der Waals surface area contributed by atoms with Crippen molar-refractivity contribution in [2.24, 2.45) is 5.92 Å². The molecule has 2 aliphatic rings. The number of hydrogen-bond donors (Lipinski definition) is 1. The van der Waals surface area contributed by atoms with Crippen LogP contribution >= 0.6 is 12.4 Å². The van der Waals surface area contributed by atoms with Gasteiger partial charge in [-0.25, -0.2) is 0 Å². The van der Waals surface area contributed by atoms with E-state index >= 15 is 0 Å². The summed E-state index contributed by atoms with van der Waals surface area (Å²) in [4.78, 5) is 2.56. The third-order valence-electron chi connectivity index (χ3n) is 4.99. The van der Waals surface area contributed by atoms with Crippen LogP contribution in [0.2, 0.25) is 0 Å². The topological polar surface area (TPSA) is 33.7 Å². The summed E-state index contributed by atoms with van der Waals surface area (Å²) in [6, 6.07) is 8.59. The van der Waals surface area contributed by atoms with Crippen LogP contribution in [0.1, 0.15) is 31.2 Å². The van der Waals surface area contributed by atoms with Crippen LogP contribution in [0.5, 0.6) is 5.75 Å². The largest absolute Gasteiger partial charge is 0.491 e. The molecule has 0 saturated carbocycles. The second-order valence-corrected chi connectivity index (χ2v) is 6.87. The quantitative estimate of drug-likeness (QED) is 0.815. The predicted octanol–water partition coefficient (Wildman–Crippen LogP) is 3.10. The van der Waals surface area contributed by atoms with Gasteiger partial charge in [-0.05, 0) is 76.0 Å². The van der Waals surface area contributed by atoms with Crippen molar-refractivity contribution in [1.82, 2.24) is 10.2 Å². The average molecular weight is 355 g/mol. The van der Waals surface area contributed by atoms with Gasteiger partial charge in [0.15, 0.2) is 0 Å². The molecule has 0 spiro atoms. The summed E-state index contributed by atoms with van der Waals surface area (Å²) in [5.74, 6) is 1.81. The molecule has 5 heteroatoms. The van der Waals surface area contributed by atoms with Gasteiger partial charge in [0.1, 0.15) is 12.4 Å². The lowest BCUT2D eigenvalue weighted by molar-refractivity contribution is 0.0679. The summed E-state index contributed by atoms with van der Waals surface area (Å²) in [7, 11) is 2.05. The average Bonchev–Trinajstić information content (AvgIpc) is 3.10. The first-order valence-corrected chi connectivity index (χ1v) is 9.04. The molecule has 4 nitrogen and oxygen atoms in total. The second-order valence-electron chi connectivity index (χ2n) is 6.87. The van der Waals surface area contributed by atoms with E-state index in [1.54, 1.807) is 0 Å². The van der Waals surface area contributed by atoms with Crippen molar-refractivity contribution in [3.8, 4) is 5.75 Å². The molecule has 1 aromatic carbocycles. The van der Waals surface area contributed by atoms with Crippen molar-refractivity contribution in [2.75, 3.05) is 39.9 Å². The first-order valence-electron chi connectivity index (χ1n) is 9.04. The Hall–Kier alpha value is -0.810. The third-order valence-corrected chi connectivity index (χ3v) is 4.99. The van der Waals surface area contributed by atoms with Crippen molar-refractivity contribution >= 4 is 12.4 Å². The maximum absolute atomic E-state index is 5.83. The first kappa shape index (κ1) is 19.5. The zero-order chi connectivity index (χ0) is 15.9.